The summed E-state index contributed by atoms with van der Waals surface area (Å²) in [6, 6.07) is 3.08. The number of carbonyl (C=O) groups is 3. The normalized spacial score (nSPS) is 23.1. The van der Waals surface area contributed by atoms with Crippen LogP contribution in [0, 0.1) is 5.41 Å². The number of ketones is 2. The van der Waals surface area contributed by atoms with Gasteiger partial charge in [0, 0.05) is 28.9 Å². The highest BCUT2D eigenvalue weighted by molar-refractivity contribution is 6.24. The summed E-state index contributed by atoms with van der Waals surface area (Å²) < 4.78 is 10.9. The Morgan fingerprint density at radius 3 is 2.31 bits per heavy atom. The molecule has 0 saturated carbocycles. The van der Waals surface area contributed by atoms with Gasteiger partial charge in [-0.05, 0) is 37.6 Å². The van der Waals surface area contributed by atoms with E-state index in [2.05, 4.69) is 4.98 Å². The number of Topliss-reactive ketones (excluding diaryl/α,β-unsaturated/α-hetero) is 1. The Hall–Kier alpha value is -4.18. The van der Waals surface area contributed by atoms with E-state index in [1.165, 1.54) is 31.6 Å². The molecule has 2 heterocycles. The van der Waals surface area contributed by atoms with Gasteiger partial charge in [0.05, 0.1) is 23.8 Å². The molecule has 1 aliphatic heterocycles. The first-order valence-electron chi connectivity index (χ1n) is 11.0. The molecule has 1 fully saturated rings. The summed E-state index contributed by atoms with van der Waals surface area (Å²) in [5, 5.41) is 41.1. The van der Waals surface area contributed by atoms with Crippen molar-refractivity contribution in [2.45, 2.75) is 39.4 Å². The molecule has 0 radical (unpaired) electrons. The van der Waals surface area contributed by atoms with E-state index in [-0.39, 0.29) is 33.8 Å². The lowest BCUT2D eigenvalue weighted by molar-refractivity contribution is -0.00670. The zero-order chi connectivity index (χ0) is 26.7. The molecule has 0 spiro atoms. The number of carbonyl (C=O) groups excluding carboxylic acids is 2. The number of phenols is 2. The van der Waals surface area contributed by atoms with Gasteiger partial charge in [0.25, 0.3) is 0 Å². The third-order valence-electron chi connectivity index (χ3n) is 7.11. The highest BCUT2D eigenvalue weighted by Gasteiger charge is 2.66. The predicted molar refractivity (Wildman–Crippen MR) is 126 cm³/mol. The average Bonchev–Trinajstić information content (AvgIpc) is 3.00. The lowest BCUT2D eigenvalue weighted by Gasteiger charge is -2.39. The van der Waals surface area contributed by atoms with Crippen molar-refractivity contribution in [3.8, 4) is 17.2 Å². The van der Waals surface area contributed by atoms with E-state index < -0.39 is 46.2 Å². The molecule has 2 aliphatic carbocycles. The number of aromatic nitrogens is 1. The predicted octanol–water partition coefficient (Wildman–Crippen LogP) is 3.11. The van der Waals surface area contributed by atoms with Crippen molar-refractivity contribution in [2.24, 2.45) is 5.41 Å². The highest BCUT2D eigenvalue weighted by Crippen LogP contribution is 2.60. The number of aromatic hydroxyl groups is 2. The molecule has 2 unspecified atom stereocenters. The van der Waals surface area contributed by atoms with Crippen molar-refractivity contribution in [2.75, 3.05) is 7.11 Å². The van der Waals surface area contributed by atoms with Gasteiger partial charge in [0.1, 0.15) is 11.9 Å². The number of benzene rings is 1. The summed E-state index contributed by atoms with van der Waals surface area (Å²) in [7, 11) is 1.21. The Morgan fingerprint density at radius 2 is 1.78 bits per heavy atom. The molecule has 2 aromatic rings. The lowest BCUT2D eigenvalue weighted by atomic mass is 9.63. The summed E-state index contributed by atoms with van der Waals surface area (Å²) in [5.74, 6) is -3.75. The molecule has 36 heavy (non-hydrogen) atoms. The Morgan fingerprint density at radius 1 is 1.14 bits per heavy atom. The van der Waals surface area contributed by atoms with Crippen molar-refractivity contribution in [1.29, 1.82) is 0 Å². The minimum absolute atomic E-state index is 0.0453. The van der Waals surface area contributed by atoms with Gasteiger partial charge in [-0.2, -0.15) is 0 Å². The van der Waals surface area contributed by atoms with Gasteiger partial charge < -0.3 is 29.9 Å². The SMILES string of the molecule is COc1c(O)c2c3c(c1O)C(=O)C1(O)C(=C3C(C)=CC2=O)OC(C)C1(C)C.O=C(O)c1cccnc1. The van der Waals surface area contributed by atoms with Gasteiger partial charge in [-0.3, -0.25) is 14.6 Å². The summed E-state index contributed by atoms with van der Waals surface area (Å²) in [6.45, 7) is 6.81. The number of hydrogen-bond donors (Lipinski definition) is 4. The quantitative estimate of drug-likeness (QED) is 0.487. The minimum Gasteiger partial charge on any atom is -0.504 e. The molecule has 0 amide bonds. The van der Waals surface area contributed by atoms with Crippen LogP contribution in [0.25, 0.3) is 5.57 Å². The number of carboxylic acids is 1. The van der Waals surface area contributed by atoms with Crippen LogP contribution in [0.4, 0.5) is 0 Å². The molecule has 10 nitrogen and oxygen atoms in total. The number of aliphatic hydroxyl groups is 1. The summed E-state index contributed by atoms with van der Waals surface area (Å²) in [5.41, 5.74) is -2.31. The summed E-state index contributed by atoms with van der Waals surface area (Å²) in [4.78, 5) is 39.8. The molecule has 10 heteroatoms. The van der Waals surface area contributed by atoms with Crippen molar-refractivity contribution in [3.63, 3.8) is 0 Å². The number of ether oxygens (including phenoxy) is 2. The molecule has 0 bridgehead atoms. The number of methoxy groups -OCH3 is 1. The fourth-order valence-electron chi connectivity index (χ4n) is 4.74. The van der Waals surface area contributed by atoms with Crippen LogP contribution >= 0.6 is 0 Å². The van der Waals surface area contributed by atoms with Crippen molar-refractivity contribution < 1.29 is 44.3 Å². The van der Waals surface area contributed by atoms with Crippen molar-refractivity contribution in [3.05, 3.63) is 64.2 Å². The number of aromatic carboxylic acids is 1. The van der Waals surface area contributed by atoms with Crippen LogP contribution in [0.2, 0.25) is 0 Å². The Balaban J connectivity index is 0.000000286. The smallest absolute Gasteiger partial charge is 0.337 e. The van der Waals surface area contributed by atoms with E-state index in [1.54, 1.807) is 33.8 Å². The van der Waals surface area contributed by atoms with E-state index >= 15 is 0 Å². The van der Waals surface area contributed by atoms with Crippen molar-refractivity contribution in [1.82, 2.24) is 4.98 Å². The molecular formula is C26H25NO9. The van der Waals surface area contributed by atoms with Gasteiger partial charge in [0.15, 0.2) is 22.9 Å². The van der Waals surface area contributed by atoms with Gasteiger partial charge in [0.2, 0.25) is 11.5 Å². The second-order valence-electron chi connectivity index (χ2n) is 9.32. The molecular weight excluding hydrogens is 470 g/mol. The van der Waals surface area contributed by atoms with E-state index in [1.807, 2.05) is 0 Å². The molecule has 188 valence electrons. The molecule has 5 rings (SSSR count). The lowest BCUT2D eigenvalue weighted by Crippen LogP contribution is -2.53. The average molecular weight is 495 g/mol. The minimum atomic E-state index is -2.03. The van der Waals surface area contributed by atoms with Crippen LogP contribution < -0.4 is 4.74 Å². The Bertz CT molecular complexity index is 1390. The first-order valence-corrected chi connectivity index (χ1v) is 11.0. The molecule has 3 aliphatic rings. The molecule has 1 aromatic carbocycles. The summed E-state index contributed by atoms with van der Waals surface area (Å²) in [6.07, 6.45) is 3.64. The molecule has 1 saturated heterocycles. The first kappa shape index (κ1) is 24.9. The van der Waals surface area contributed by atoms with E-state index in [0.29, 0.717) is 11.1 Å². The van der Waals surface area contributed by atoms with Gasteiger partial charge in [-0.1, -0.05) is 13.8 Å². The highest BCUT2D eigenvalue weighted by atomic mass is 16.5. The monoisotopic (exact) mass is 495 g/mol. The third kappa shape index (κ3) is 3.14. The molecule has 4 N–H and O–H groups in total. The second-order valence-corrected chi connectivity index (χ2v) is 9.32. The standard InChI is InChI=1S/C20H20O7.C6H5NO2/c1-7-6-9(21)11-12-10(7)18-20(25,19(3,4)8(2)27-18)17(24)13(12)15(23)16(26-5)14(11)22;8-6(9)5-2-1-3-7-4-5/h6,8,22-23,25H,1-5H3;1-4H,(H,8,9). The zero-order valence-corrected chi connectivity index (χ0v) is 20.2. The fraction of sp³-hybridized carbons (Fsp3) is 0.308. The third-order valence-corrected chi connectivity index (χ3v) is 7.11. The summed E-state index contributed by atoms with van der Waals surface area (Å²) >= 11 is 0. The van der Waals surface area contributed by atoms with E-state index in [4.69, 9.17) is 14.6 Å². The Kier molecular flexibility index (Phi) is 5.68. The van der Waals surface area contributed by atoms with E-state index in [0.717, 1.165) is 0 Å². The largest absolute Gasteiger partial charge is 0.504 e. The second kappa shape index (κ2) is 8.20. The maximum Gasteiger partial charge on any atom is 0.337 e. The fourth-order valence-corrected chi connectivity index (χ4v) is 4.74. The number of pyridine rings is 1. The topological polar surface area (TPSA) is 163 Å². The number of allylic oxidation sites excluding steroid dienone is 3. The molecule has 1 aromatic heterocycles. The number of nitrogens with zero attached hydrogens (tertiary/aromatic N) is 1. The van der Waals surface area contributed by atoms with Crippen LogP contribution in [-0.4, -0.2) is 61.8 Å². The maximum atomic E-state index is 13.4. The zero-order valence-electron chi connectivity index (χ0n) is 20.2. The van der Waals surface area contributed by atoms with Crippen LogP contribution in [0.3, 0.4) is 0 Å². The molecule has 2 atom stereocenters. The van der Waals surface area contributed by atoms with E-state index in [9.17, 15) is 29.7 Å². The van der Waals surface area contributed by atoms with Gasteiger partial charge in [-0.15, -0.1) is 0 Å². The number of carboxylic acid groups (broad SMARTS) is 1. The first-order chi connectivity index (χ1) is 16.8. The number of fused-ring (bicyclic) bond motifs is 1. The van der Waals surface area contributed by atoms with Crippen molar-refractivity contribution >= 4 is 23.1 Å². The van der Waals surface area contributed by atoms with Gasteiger partial charge >= 0.3 is 5.97 Å². The number of hydrogen-bond acceptors (Lipinski definition) is 9. The van der Waals surface area contributed by atoms with Gasteiger partial charge in [-0.25, -0.2) is 4.79 Å². The van der Waals surface area contributed by atoms with Crippen LogP contribution in [0.5, 0.6) is 17.2 Å². The van der Waals surface area contributed by atoms with Crippen LogP contribution in [-0.2, 0) is 4.74 Å². The number of phenolic OH excluding ortho intramolecular Hbond substituents is 2. The van der Waals surface area contributed by atoms with Crippen LogP contribution in [0.15, 0.2) is 41.9 Å². The Labute approximate surface area is 206 Å². The number of rotatable bonds is 2. The maximum absolute atomic E-state index is 13.4. The van der Waals surface area contributed by atoms with Crippen LogP contribution in [0.1, 0.15) is 64.3 Å².